The van der Waals surface area contributed by atoms with E-state index in [2.05, 4.69) is 0 Å². The van der Waals surface area contributed by atoms with Crippen LogP contribution in [0.4, 0.5) is 0 Å². The predicted molar refractivity (Wildman–Crippen MR) is 57.1 cm³/mol. The highest BCUT2D eigenvalue weighted by Gasteiger charge is 1.96. The molecule has 1 rings (SSSR count). The number of hydrogen-bond donors (Lipinski definition) is 3. The van der Waals surface area contributed by atoms with Crippen LogP contribution in [0.15, 0.2) is 36.4 Å². The van der Waals surface area contributed by atoms with Crippen LogP contribution in [0, 0.1) is 0 Å². The van der Waals surface area contributed by atoms with Gasteiger partial charge < -0.3 is 15.9 Å². The molecule has 1 aromatic rings. The summed E-state index contributed by atoms with van der Waals surface area (Å²) in [4.78, 5) is 10.3. The van der Waals surface area contributed by atoms with Crippen LogP contribution >= 0.6 is 0 Å². The fourth-order valence-electron chi connectivity index (χ4n) is 0.961. The molecular weight excluding hydrogens is 194 g/mol. The zero-order chi connectivity index (χ0) is 11.3. The van der Waals surface area contributed by atoms with Gasteiger partial charge in [0.05, 0.1) is 0 Å². The average molecular weight is 205 g/mol. The van der Waals surface area contributed by atoms with Gasteiger partial charge in [0.25, 0.3) is 0 Å². The summed E-state index contributed by atoms with van der Waals surface area (Å²) in [5.41, 5.74) is 5.59. The molecule has 0 aromatic heterocycles. The highest BCUT2D eigenvalue weighted by atomic mass is 16.3. The number of amides is 1. The molecule has 0 aliphatic carbocycles. The van der Waals surface area contributed by atoms with Crippen molar-refractivity contribution in [3.8, 4) is 11.5 Å². The summed E-state index contributed by atoms with van der Waals surface area (Å²) < 4.78 is 0. The van der Waals surface area contributed by atoms with Gasteiger partial charge in [-0.2, -0.15) is 0 Å². The van der Waals surface area contributed by atoms with E-state index in [0.717, 1.165) is 0 Å². The van der Waals surface area contributed by atoms with Gasteiger partial charge in [-0.05, 0) is 17.7 Å². The van der Waals surface area contributed by atoms with Crippen LogP contribution in [-0.4, -0.2) is 16.1 Å². The Bertz CT molecular complexity index is 422. The fourth-order valence-corrected chi connectivity index (χ4v) is 0.961. The molecular formula is C11H11NO3. The van der Waals surface area contributed by atoms with E-state index in [4.69, 9.17) is 15.9 Å². The second-order valence-corrected chi connectivity index (χ2v) is 2.87. The predicted octanol–water partition coefficient (Wildman–Crippen LogP) is 1.15. The van der Waals surface area contributed by atoms with Gasteiger partial charge in [0.15, 0.2) is 11.5 Å². The minimum atomic E-state index is -0.520. The number of nitrogens with two attached hydrogens (primary N) is 1. The Balaban J connectivity index is 2.73. The number of hydrogen-bond acceptors (Lipinski definition) is 3. The molecule has 0 fully saturated rings. The summed E-state index contributed by atoms with van der Waals surface area (Å²) in [7, 11) is 0. The Hall–Kier alpha value is -2.23. The zero-order valence-corrected chi connectivity index (χ0v) is 7.92. The number of carbonyl (C=O) groups is 1. The van der Waals surface area contributed by atoms with Gasteiger partial charge in [-0.1, -0.05) is 24.3 Å². The molecule has 4 nitrogen and oxygen atoms in total. The monoisotopic (exact) mass is 205 g/mol. The summed E-state index contributed by atoms with van der Waals surface area (Å²) in [5.74, 6) is -0.871. The van der Waals surface area contributed by atoms with E-state index in [-0.39, 0.29) is 11.5 Å². The summed E-state index contributed by atoms with van der Waals surface area (Å²) in [5, 5.41) is 18.2. The molecule has 0 saturated carbocycles. The van der Waals surface area contributed by atoms with E-state index in [9.17, 15) is 4.79 Å². The number of benzene rings is 1. The van der Waals surface area contributed by atoms with E-state index in [1.807, 2.05) is 0 Å². The van der Waals surface area contributed by atoms with Crippen LogP contribution in [0.5, 0.6) is 11.5 Å². The van der Waals surface area contributed by atoms with Crippen molar-refractivity contribution in [2.24, 2.45) is 5.73 Å². The first-order valence-electron chi connectivity index (χ1n) is 4.26. The van der Waals surface area contributed by atoms with Gasteiger partial charge in [-0.15, -0.1) is 0 Å². The minimum Gasteiger partial charge on any atom is -0.504 e. The van der Waals surface area contributed by atoms with Gasteiger partial charge >= 0.3 is 0 Å². The van der Waals surface area contributed by atoms with E-state index in [0.29, 0.717) is 5.56 Å². The first kappa shape index (κ1) is 10.8. The average Bonchev–Trinajstić information content (AvgIpc) is 2.18. The van der Waals surface area contributed by atoms with E-state index in [1.54, 1.807) is 18.2 Å². The topological polar surface area (TPSA) is 83.6 Å². The number of aromatic hydroxyl groups is 2. The van der Waals surface area contributed by atoms with Crippen LogP contribution in [0.2, 0.25) is 0 Å². The first-order chi connectivity index (χ1) is 7.09. The molecule has 0 aliphatic rings. The van der Waals surface area contributed by atoms with Gasteiger partial charge in [0.1, 0.15) is 0 Å². The van der Waals surface area contributed by atoms with Crippen LogP contribution in [-0.2, 0) is 4.79 Å². The van der Waals surface area contributed by atoms with Gasteiger partial charge in [-0.25, -0.2) is 0 Å². The molecule has 0 radical (unpaired) electrons. The number of phenolic OH excluding ortho intramolecular Hbond substituents is 2. The van der Waals surface area contributed by atoms with E-state index < -0.39 is 5.91 Å². The second-order valence-electron chi connectivity index (χ2n) is 2.87. The molecule has 1 aromatic carbocycles. The van der Waals surface area contributed by atoms with Gasteiger partial charge in [0.2, 0.25) is 5.91 Å². The number of phenols is 2. The molecule has 4 heteroatoms. The molecule has 0 atom stereocenters. The van der Waals surface area contributed by atoms with Crippen molar-refractivity contribution in [1.29, 1.82) is 0 Å². The third-order valence-corrected chi connectivity index (χ3v) is 1.66. The molecule has 78 valence electrons. The van der Waals surface area contributed by atoms with Crippen molar-refractivity contribution in [3.63, 3.8) is 0 Å². The van der Waals surface area contributed by atoms with Crippen molar-refractivity contribution in [3.05, 3.63) is 42.0 Å². The third-order valence-electron chi connectivity index (χ3n) is 1.66. The van der Waals surface area contributed by atoms with Crippen LogP contribution < -0.4 is 5.73 Å². The van der Waals surface area contributed by atoms with Crippen LogP contribution in [0.1, 0.15) is 5.56 Å². The summed E-state index contributed by atoms with van der Waals surface area (Å²) in [6.07, 6.45) is 5.98. The lowest BCUT2D eigenvalue weighted by molar-refractivity contribution is -0.113. The standard InChI is InChI=1S/C11H11NO3/c12-11(15)4-2-1-3-8-5-6-9(13)10(14)7-8/h1-7,13-14H,(H2,12,15). The third kappa shape index (κ3) is 3.56. The van der Waals surface area contributed by atoms with Crippen molar-refractivity contribution < 1.29 is 15.0 Å². The normalized spacial score (nSPS) is 11.2. The van der Waals surface area contributed by atoms with Crippen LogP contribution in [0.25, 0.3) is 6.08 Å². The largest absolute Gasteiger partial charge is 0.504 e. The Morgan fingerprint density at radius 2 is 1.93 bits per heavy atom. The number of primary amides is 1. The molecule has 4 N–H and O–H groups in total. The minimum absolute atomic E-state index is 0.167. The maximum Gasteiger partial charge on any atom is 0.241 e. The van der Waals surface area contributed by atoms with Crippen molar-refractivity contribution in [1.82, 2.24) is 0 Å². The molecule has 0 bridgehead atoms. The summed E-state index contributed by atoms with van der Waals surface area (Å²) in [6, 6.07) is 4.42. The summed E-state index contributed by atoms with van der Waals surface area (Å²) >= 11 is 0. The molecule has 0 aliphatic heterocycles. The molecule has 0 saturated heterocycles. The van der Waals surface area contributed by atoms with Gasteiger partial charge in [-0.3, -0.25) is 4.79 Å². The lowest BCUT2D eigenvalue weighted by atomic mass is 10.2. The smallest absolute Gasteiger partial charge is 0.241 e. The molecule has 0 heterocycles. The zero-order valence-electron chi connectivity index (χ0n) is 7.92. The fraction of sp³-hybridized carbons (Fsp3) is 0. The Kier molecular flexibility index (Phi) is 3.51. The van der Waals surface area contributed by atoms with Crippen molar-refractivity contribution in [2.75, 3.05) is 0 Å². The molecule has 1 amide bonds. The lowest BCUT2D eigenvalue weighted by Crippen LogP contribution is -2.04. The van der Waals surface area contributed by atoms with Crippen molar-refractivity contribution >= 4 is 12.0 Å². The Labute approximate surface area is 87.0 Å². The number of allylic oxidation sites excluding steroid dienone is 2. The summed E-state index contributed by atoms with van der Waals surface area (Å²) in [6.45, 7) is 0. The van der Waals surface area contributed by atoms with Gasteiger partial charge in [0, 0.05) is 6.08 Å². The quantitative estimate of drug-likeness (QED) is 0.393. The SMILES string of the molecule is NC(=O)C=CC=Cc1ccc(O)c(O)c1. The maximum atomic E-state index is 10.3. The maximum absolute atomic E-state index is 10.3. The molecule has 15 heavy (non-hydrogen) atoms. The highest BCUT2D eigenvalue weighted by molar-refractivity contribution is 5.86. The highest BCUT2D eigenvalue weighted by Crippen LogP contribution is 2.25. The second kappa shape index (κ2) is 4.85. The van der Waals surface area contributed by atoms with E-state index in [1.165, 1.54) is 24.3 Å². The molecule has 0 spiro atoms. The van der Waals surface area contributed by atoms with Crippen LogP contribution in [0.3, 0.4) is 0 Å². The lowest BCUT2D eigenvalue weighted by Gasteiger charge is -1.97. The van der Waals surface area contributed by atoms with Crippen molar-refractivity contribution in [2.45, 2.75) is 0 Å². The molecule has 0 unspecified atom stereocenters. The Morgan fingerprint density at radius 3 is 2.53 bits per heavy atom. The number of carbonyl (C=O) groups excluding carboxylic acids is 1. The van der Waals surface area contributed by atoms with E-state index >= 15 is 0 Å². The first-order valence-corrected chi connectivity index (χ1v) is 4.26. The number of rotatable bonds is 3. The Morgan fingerprint density at radius 1 is 1.20 bits per heavy atom.